The monoisotopic (exact) mass is 398 g/mol. The normalized spacial score (nSPS) is 17.7. The molecule has 0 bridgehead atoms. The molecule has 0 unspecified atom stereocenters. The molecule has 29 heavy (non-hydrogen) atoms. The van der Waals surface area contributed by atoms with Crippen LogP contribution in [0.4, 0.5) is 24.5 Å². The molecular weight excluding hydrogens is 377 g/mol. The molecule has 2 aromatic rings. The minimum atomic E-state index is -4.64. The van der Waals surface area contributed by atoms with Gasteiger partial charge in [-0.1, -0.05) is 24.3 Å². The van der Waals surface area contributed by atoms with Crippen molar-refractivity contribution in [3.63, 3.8) is 0 Å². The first-order valence-electron chi connectivity index (χ1n) is 8.97. The zero-order chi connectivity index (χ0) is 21.6. The van der Waals surface area contributed by atoms with Crippen molar-refractivity contribution in [1.29, 1.82) is 5.26 Å². The van der Waals surface area contributed by atoms with Gasteiger partial charge in [-0.15, -0.1) is 0 Å². The number of anilines is 2. The maximum Gasteiger partial charge on any atom is 0.417 e. The standard InChI is InChI=1S/C22H21F3N4/c1-14-6-9-17(10-7-14)29-15(2)28(20(27-5)21(29,3)4)18-11-8-16(13-26)19(12-18)22(23,24)25/h6-12H,2H2,1,3-5H3. The summed E-state index contributed by atoms with van der Waals surface area (Å²) >= 11 is 0. The fourth-order valence-corrected chi connectivity index (χ4v) is 3.73. The summed E-state index contributed by atoms with van der Waals surface area (Å²) in [6.07, 6.45) is -4.64. The van der Waals surface area contributed by atoms with Crippen LogP contribution in [0, 0.1) is 18.3 Å². The Kier molecular flexibility index (Phi) is 4.91. The Bertz CT molecular complexity index is 1030. The van der Waals surface area contributed by atoms with Crippen molar-refractivity contribution in [3.05, 3.63) is 71.6 Å². The highest BCUT2D eigenvalue weighted by molar-refractivity contribution is 6.13. The van der Waals surface area contributed by atoms with E-state index in [0.717, 1.165) is 17.3 Å². The highest BCUT2D eigenvalue weighted by Crippen LogP contribution is 2.42. The molecule has 0 saturated carbocycles. The molecule has 1 aliphatic heterocycles. The summed E-state index contributed by atoms with van der Waals surface area (Å²) in [7, 11) is 1.60. The summed E-state index contributed by atoms with van der Waals surface area (Å²) < 4.78 is 40.4. The first-order valence-corrected chi connectivity index (χ1v) is 8.97. The zero-order valence-electron chi connectivity index (χ0n) is 16.7. The Balaban J connectivity index is 2.16. The van der Waals surface area contributed by atoms with E-state index in [0.29, 0.717) is 11.7 Å². The average Bonchev–Trinajstić information content (AvgIpc) is 2.86. The number of nitriles is 1. The van der Waals surface area contributed by atoms with Crippen molar-refractivity contribution < 1.29 is 13.2 Å². The first kappa shape index (κ1) is 20.5. The lowest BCUT2D eigenvalue weighted by Gasteiger charge is -2.31. The molecule has 1 aliphatic rings. The Morgan fingerprint density at radius 2 is 1.66 bits per heavy atom. The number of hydrogen-bond donors (Lipinski definition) is 0. The second kappa shape index (κ2) is 6.96. The Hall–Kier alpha value is -3.27. The lowest BCUT2D eigenvalue weighted by atomic mass is 10.0. The van der Waals surface area contributed by atoms with E-state index in [4.69, 9.17) is 5.26 Å². The molecule has 0 aliphatic carbocycles. The molecule has 0 radical (unpaired) electrons. The van der Waals surface area contributed by atoms with E-state index in [2.05, 4.69) is 11.6 Å². The van der Waals surface area contributed by atoms with Crippen LogP contribution in [0.1, 0.15) is 30.5 Å². The van der Waals surface area contributed by atoms with Crippen molar-refractivity contribution in [2.24, 2.45) is 4.99 Å². The second-order valence-corrected chi connectivity index (χ2v) is 7.37. The Morgan fingerprint density at radius 3 is 2.17 bits per heavy atom. The third kappa shape index (κ3) is 3.35. The van der Waals surface area contributed by atoms with Gasteiger partial charge in [-0.3, -0.25) is 9.89 Å². The molecule has 0 atom stereocenters. The van der Waals surface area contributed by atoms with Crippen molar-refractivity contribution in [2.45, 2.75) is 32.5 Å². The summed E-state index contributed by atoms with van der Waals surface area (Å²) in [6, 6.07) is 13.1. The van der Waals surface area contributed by atoms with E-state index >= 15 is 0 Å². The summed E-state index contributed by atoms with van der Waals surface area (Å²) in [5.74, 6) is 1.04. The molecule has 3 rings (SSSR count). The van der Waals surface area contributed by atoms with Gasteiger partial charge in [0.25, 0.3) is 0 Å². The largest absolute Gasteiger partial charge is 0.417 e. The van der Waals surface area contributed by atoms with Gasteiger partial charge in [0.05, 0.1) is 22.7 Å². The zero-order valence-corrected chi connectivity index (χ0v) is 16.7. The molecule has 1 fully saturated rings. The summed E-state index contributed by atoms with van der Waals surface area (Å²) in [5, 5.41) is 9.07. The fraction of sp³-hybridized carbons (Fsp3) is 0.273. The summed E-state index contributed by atoms with van der Waals surface area (Å²) in [4.78, 5) is 7.92. The van der Waals surface area contributed by atoms with Crippen LogP contribution < -0.4 is 9.80 Å². The number of halogens is 3. The predicted octanol–water partition coefficient (Wildman–Crippen LogP) is 5.49. The molecule has 0 amide bonds. The minimum absolute atomic E-state index is 0.254. The number of aryl methyl sites for hydroxylation is 1. The summed E-state index contributed by atoms with van der Waals surface area (Å²) in [5.41, 5.74) is 0.166. The molecule has 4 nitrogen and oxygen atoms in total. The minimum Gasteiger partial charge on any atom is -0.315 e. The topological polar surface area (TPSA) is 42.6 Å². The van der Waals surface area contributed by atoms with Crippen molar-refractivity contribution in [3.8, 4) is 6.07 Å². The van der Waals surface area contributed by atoms with Crippen LogP contribution in [0.15, 0.2) is 59.9 Å². The number of nitrogens with zero attached hydrogens (tertiary/aromatic N) is 4. The molecule has 1 heterocycles. The quantitative estimate of drug-likeness (QED) is 0.672. The molecule has 2 aromatic carbocycles. The second-order valence-electron chi connectivity index (χ2n) is 7.37. The predicted molar refractivity (Wildman–Crippen MR) is 109 cm³/mol. The van der Waals surface area contributed by atoms with Gasteiger partial charge in [-0.05, 0) is 51.1 Å². The lowest BCUT2D eigenvalue weighted by Crippen LogP contribution is -2.43. The van der Waals surface area contributed by atoms with Gasteiger partial charge >= 0.3 is 6.18 Å². The van der Waals surface area contributed by atoms with E-state index in [-0.39, 0.29) is 5.69 Å². The van der Waals surface area contributed by atoms with Crippen LogP contribution in [0.5, 0.6) is 0 Å². The number of aliphatic imine (C=N–C) groups is 1. The van der Waals surface area contributed by atoms with Crippen LogP contribution >= 0.6 is 0 Å². The molecule has 0 spiro atoms. The van der Waals surface area contributed by atoms with Gasteiger partial charge in [0.2, 0.25) is 0 Å². The van der Waals surface area contributed by atoms with Gasteiger partial charge in [0.1, 0.15) is 11.7 Å². The lowest BCUT2D eigenvalue weighted by molar-refractivity contribution is -0.137. The molecule has 0 aromatic heterocycles. The third-order valence-corrected chi connectivity index (χ3v) is 5.03. The van der Waals surface area contributed by atoms with Gasteiger partial charge in [-0.2, -0.15) is 18.4 Å². The van der Waals surface area contributed by atoms with Crippen LogP contribution in [0.25, 0.3) is 0 Å². The SMILES string of the molecule is C=C1N(c2ccc(C#N)c(C(F)(F)F)c2)C(=NC)C(C)(C)N1c1ccc(C)cc1. The molecular formula is C22H21F3N4. The number of hydrogen-bond acceptors (Lipinski definition) is 3. The highest BCUT2D eigenvalue weighted by atomic mass is 19.4. The Labute approximate surface area is 168 Å². The van der Waals surface area contributed by atoms with Crippen LogP contribution in [0.2, 0.25) is 0 Å². The smallest absolute Gasteiger partial charge is 0.315 e. The summed E-state index contributed by atoms with van der Waals surface area (Å²) in [6.45, 7) is 10.0. The molecule has 7 heteroatoms. The van der Waals surface area contributed by atoms with E-state index < -0.39 is 22.8 Å². The van der Waals surface area contributed by atoms with E-state index in [1.807, 2.05) is 49.9 Å². The fourth-order valence-electron chi connectivity index (χ4n) is 3.73. The maximum absolute atomic E-state index is 13.5. The van der Waals surface area contributed by atoms with Gasteiger partial charge in [0, 0.05) is 18.4 Å². The third-order valence-electron chi connectivity index (χ3n) is 5.03. The van der Waals surface area contributed by atoms with Crippen molar-refractivity contribution >= 4 is 17.2 Å². The number of amidine groups is 1. The maximum atomic E-state index is 13.5. The van der Waals surface area contributed by atoms with Crippen LogP contribution in [-0.2, 0) is 6.18 Å². The van der Waals surface area contributed by atoms with Gasteiger partial charge in [-0.25, -0.2) is 0 Å². The molecule has 150 valence electrons. The van der Waals surface area contributed by atoms with Crippen LogP contribution in [-0.4, -0.2) is 18.4 Å². The van der Waals surface area contributed by atoms with Crippen LogP contribution in [0.3, 0.4) is 0 Å². The number of rotatable bonds is 2. The highest BCUT2D eigenvalue weighted by Gasteiger charge is 2.47. The molecule has 0 N–H and O–H groups in total. The Morgan fingerprint density at radius 1 is 1.07 bits per heavy atom. The first-order chi connectivity index (χ1) is 13.5. The van der Waals surface area contributed by atoms with E-state index in [9.17, 15) is 13.2 Å². The number of alkyl halides is 3. The number of benzene rings is 2. The van der Waals surface area contributed by atoms with Gasteiger partial charge < -0.3 is 4.90 Å². The average molecular weight is 398 g/mol. The molecule has 1 saturated heterocycles. The van der Waals surface area contributed by atoms with Gasteiger partial charge in [0.15, 0.2) is 0 Å². The van der Waals surface area contributed by atoms with Crippen molar-refractivity contribution in [1.82, 2.24) is 0 Å². The van der Waals surface area contributed by atoms with Crippen molar-refractivity contribution in [2.75, 3.05) is 16.8 Å². The van der Waals surface area contributed by atoms with E-state index in [1.165, 1.54) is 12.1 Å². The van der Waals surface area contributed by atoms with E-state index in [1.54, 1.807) is 18.0 Å².